The van der Waals surface area contributed by atoms with Gasteiger partial charge in [-0.2, -0.15) is 0 Å². The first-order chi connectivity index (χ1) is 4.68. The number of carboxylic acids is 1. The van der Waals surface area contributed by atoms with E-state index in [-0.39, 0.29) is 0 Å². The molecule has 1 unspecified atom stereocenters. The zero-order valence-corrected chi connectivity index (χ0v) is 5.83. The molecule has 0 saturated heterocycles. The Morgan fingerprint density at radius 1 is 1.90 bits per heavy atom. The van der Waals surface area contributed by atoms with Gasteiger partial charge in [0.1, 0.15) is 0 Å². The molecule has 1 N–H and O–H groups in total. The highest BCUT2D eigenvalue weighted by Gasteiger charge is 2.08. The number of hydrogen-bond donors (Lipinski definition) is 1. The van der Waals surface area contributed by atoms with Gasteiger partial charge in [-0.1, -0.05) is 0 Å². The van der Waals surface area contributed by atoms with Crippen LogP contribution in [0.15, 0.2) is 0 Å². The molecular weight excluding hydrogens is 132 g/mol. The van der Waals surface area contributed by atoms with Crippen molar-refractivity contribution in [3.63, 3.8) is 0 Å². The number of aliphatic carboxylic acids is 1. The Labute approximate surface area is 60.0 Å². The summed E-state index contributed by atoms with van der Waals surface area (Å²) in [6, 6.07) is 0. The predicted molar refractivity (Wildman–Crippen MR) is 36.5 cm³/mol. The van der Waals surface area contributed by atoms with Crippen molar-refractivity contribution in [2.75, 3.05) is 6.61 Å². The minimum absolute atomic E-state index is 0.309. The van der Waals surface area contributed by atoms with Crippen molar-refractivity contribution in [2.45, 2.75) is 19.4 Å². The molecule has 0 aromatic carbocycles. The van der Waals surface area contributed by atoms with Crippen LogP contribution in [0.3, 0.4) is 0 Å². The Hall–Kier alpha value is -1.01. The van der Waals surface area contributed by atoms with Crippen LogP contribution >= 0.6 is 0 Å². The fourth-order valence-corrected chi connectivity index (χ4v) is 0.366. The maximum atomic E-state index is 10.1. The van der Waals surface area contributed by atoms with Crippen LogP contribution < -0.4 is 0 Å². The summed E-state index contributed by atoms with van der Waals surface area (Å²) in [6.45, 7) is 1.78. The molecule has 0 amide bonds. The highest BCUT2D eigenvalue weighted by Crippen LogP contribution is 1.90. The van der Waals surface area contributed by atoms with E-state index in [1.807, 2.05) is 0 Å². The monoisotopic (exact) mass is 142 g/mol. The summed E-state index contributed by atoms with van der Waals surface area (Å²) in [7, 11) is 0. The van der Waals surface area contributed by atoms with Gasteiger partial charge in [0, 0.05) is 6.42 Å². The van der Waals surface area contributed by atoms with Crippen LogP contribution in [0.25, 0.3) is 0 Å². The second-order valence-electron chi connectivity index (χ2n) is 1.81. The molecule has 0 fully saturated rings. The normalized spacial score (nSPS) is 12.0. The Balaban J connectivity index is 3.32. The molecule has 0 saturated carbocycles. The summed E-state index contributed by atoms with van der Waals surface area (Å²) >= 11 is 0. The first-order valence-electron chi connectivity index (χ1n) is 2.96. The first-order valence-corrected chi connectivity index (χ1v) is 2.96. The van der Waals surface area contributed by atoms with Crippen LogP contribution in [0.2, 0.25) is 0 Å². The van der Waals surface area contributed by atoms with E-state index < -0.39 is 12.1 Å². The van der Waals surface area contributed by atoms with Gasteiger partial charge in [-0.05, 0) is 6.92 Å². The zero-order chi connectivity index (χ0) is 7.98. The highest BCUT2D eigenvalue weighted by atomic mass is 16.5. The summed E-state index contributed by atoms with van der Waals surface area (Å²) in [5.74, 6) is 1.38. The molecule has 3 heteroatoms. The quantitative estimate of drug-likeness (QED) is 0.459. The van der Waals surface area contributed by atoms with Gasteiger partial charge < -0.3 is 9.84 Å². The van der Waals surface area contributed by atoms with E-state index in [1.165, 1.54) is 6.92 Å². The van der Waals surface area contributed by atoms with Gasteiger partial charge in [0.25, 0.3) is 0 Å². The zero-order valence-electron chi connectivity index (χ0n) is 5.83. The van der Waals surface area contributed by atoms with Crippen LogP contribution in [0.4, 0.5) is 0 Å². The van der Waals surface area contributed by atoms with Gasteiger partial charge in [0.2, 0.25) is 0 Å². The van der Waals surface area contributed by atoms with Crippen molar-refractivity contribution in [3.05, 3.63) is 0 Å². The van der Waals surface area contributed by atoms with Crippen molar-refractivity contribution in [1.29, 1.82) is 0 Å². The molecule has 0 aromatic heterocycles. The lowest BCUT2D eigenvalue weighted by Gasteiger charge is -2.04. The SMILES string of the molecule is C#CCCOC(C)C(=O)O. The number of carboxylic acid groups (broad SMARTS) is 1. The predicted octanol–water partition coefficient (Wildman–Crippen LogP) is 0.499. The van der Waals surface area contributed by atoms with Gasteiger partial charge in [0.15, 0.2) is 6.10 Å². The standard InChI is InChI=1S/C7H10O3/c1-3-4-5-10-6(2)7(8)9/h1,6H,4-5H2,2H3,(H,8,9). The Kier molecular flexibility index (Phi) is 4.34. The van der Waals surface area contributed by atoms with Gasteiger partial charge in [-0.15, -0.1) is 12.3 Å². The molecule has 0 rings (SSSR count). The third-order valence-electron chi connectivity index (χ3n) is 0.962. The third-order valence-corrected chi connectivity index (χ3v) is 0.962. The third kappa shape index (κ3) is 3.93. The molecule has 0 spiro atoms. The number of ether oxygens (including phenoxy) is 1. The van der Waals surface area contributed by atoms with Crippen molar-refractivity contribution in [1.82, 2.24) is 0 Å². The highest BCUT2D eigenvalue weighted by molar-refractivity contribution is 5.71. The average Bonchev–Trinajstić information content (AvgIpc) is 1.88. The van der Waals surface area contributed by atoms with Crippen LogP contribution in [-0.4, -0.2) is 23.8 Å². The lowest BCUT2D eigenvalue weighted by molar-refractivity contribution is -0.148. The van der Waals surface area contributed by atoms with Crippen LogP contribution in [-0.2, 0) is 9.53 Å². The van der Waals surface area contributed by atoms with Crippen LogP contribution in [0.1, 0.15) is 13.3 Å². The topological polar surface area (TPSA) is 46.5 Å². The minimum Gasteiger partial charge on any atom is -0.479 e. The van der Waals surface area contributed by atoms with E-state index in [2.05, 4.69) is 5.92 Å². The second kappa shape index (κ2) is 4.83. The molecular formula is C7H10O3. The van der Waals surface area contributed by atoms with Crippen molar-refractivity contribution < 1.29 is 14.6 Å². The van der Waals surface area contributed by atoms with Gasteiger partial charge in [-0.25, -0.2) is 4.79 Å². The lowest BCUT2D eigenvalue weighted by Crippen LogP contribution is -2.20. The summed E-state index contributed by atoms with van der Waals surface area (Å²) in [5.41, 5.74) is 0. The molecule has 1 atom stereocenters. The molecule has 0 aromatic rings. The van der Waals surface area contributed by atoms with E-state index >= 15 is 0 Å². The minimum atomic E-state index is -0.961. The molecule has 3 nitrogen and oxygen atoms in total. The van der Waals surface area contributed by atoms with E-state index in [0.29, 0.717) is 13.0 Å². The number of rotatable bonds is 4. The number of carbonyl (C=O) groups is 1. The van der Waals surface area contributed by atoms with E-state index in [0.717, 1.165) is 0 Å². The largest absolute Gasteiger partial charge is 0.479 e. The fraction of sp³-hybridized carbons (Fsp3) is 0.571. The van der Waals surface area contributed by atoms with Gasteiger partial charge in [0.05, 0.1) is 6.61 Å². The summed E-state index contributed by atoms with van der Waals surface area (Å²) in [6.07, 6.45) is 4.61. The van der Waals surface area contributed by atoms with Crippen LogP contribution in [0, 0.1) is 12.3 Å². The lowest BCUT2D eigenvalue weighted by atomic mass is 10.4. The Bertz CT molecular complexity index is 145. The van der Waals surface area contributed by atoms with E-state index in [1.54, 1.807) is 0 Å². The molecule has 0 aliphatic rings. The second-order valence-corrected chi connectivity index (χ2v) is 1.81. The summed E-state index contributed by atoms with van der Waals surface area (Å²) in [4.78, 5) is 10.1. The molecule has 56 valence electrons. The molecule has 10 heavy (non-hydrogen) atoms. The average molecular weight is 142 g/mol. The van der Waals surface area contributed by atoms with Gasteiger partial charge in [-0.3, -0.25) is 0 Å². The van der Waals surface area contributed by atoms with Crippen molar-refractivity contribution in [3.8, 4) is 12.3 Å². The van der Waals surface area contributed by atoms with E-state index in [4.69, 9.17) is 16.3 Å². The van der Waals surface area contributed by atoms with Gasteiger partial charge >= 0.3 is 5.97 Å². The molecule has 0 aliphatic carbocycles. The Morgan fingerprint density at radius 2 is 2.50 bits per heavy atom. The molecule has 0 bridgehead atoms. The maximum absolute atomic E-state index is 10.1. The van der Waals surface area contributed by atoms with Crippen LogP contribution in [0.5, 0.6) is 0 Å². The van der Waals surface area contributed by atoms with E-state index in [9.17, 15) is 4.79 Å². The maximum Gasteiger partial charge on any atom is 0.332 e. The first kappa shape index (κ1) is 8.99. The number of hydrogen-bond acceptors (Lipinski definition) is 2. The smallest absolute Gasteiger partial charge is 0.332 e. The summed E-state index contributed by atoms with van der Waals surface area (Å²) < 4.78 is 4.80. The molecule has 0 aliphatic heterocycles. The molecule has 0 heterocycles. The molecule has 0 radical (unpaired) electrons. The van der Waals surface area contributed by atoms with Crippen molar-refractivity contribution >= 4 is 5.97 Å². The Morgan fingerprint density at radius 3 is 2.90 bits per heavy atom. The fourth-order valence-electron chi connectivity index (χ4n) is 0.366. The van der Waals surface area contributed by atoms with Crippen molar-refractivity contribution in [2.24, 2.45) is 0 Å². The summed E-state index contributed by atoms with van der Waals surface area (Å²) in [5, 5.41) is 8.30. The number of terminal acetylenes is 1.